The Morgan fingerprint density at radius 2 is 1.78 bits per heavy atom. The third-order valence-corrected chi connectivity index (χ3v) is 5.45. The first kappa shape index (κ1) is 11.8. The van der Waals surface area contributed by atoms with Crippen LogP contribution in [0.25, 0.3) is 0 Å². The highest BCUT2D eigenvalue weighted by Crippen LogP contribution is 2.70. The van der Waals surface area contributed by atoms with Crippen LogP contribution < -0.4 is 0 Å². The number of benzene rings is 1. The van der Waals surface area contributed by atoms with E-state index in [-0.39, 0.29) is 10.8 Å². The van der Waals surface area contributed by atoms with Crippen LogP contribution in [0.3, 0.4) is 0 Å². The number of hydrogen-bond acceptors (Lipinski definition) is 1. The minimum atomic E-state index is -0.198. The number of nitrogens with zero attached hydrogens (tertiary/aromatic N) is 1. The monoisotopic (exact) mass is 239 g/mol. The average Bonchev–Trinajstić information content (AvgIpc) is 3.09. The van der Waals surface area contributed by atoms with E-state index in [9.17, 15) is 5.26 Å². The van der Waals surface area contributed by atoms with E-state index in [1.54, 1.807) is 0 Å². The Morgan fingerprint density at radius 3 is 2.39 bits per heavy atom. The molecule has 3 rings (SSSR count). The summed E-state index contributed by atoms with van der Waals surface area (Å²) in [6.45, 7) is 2.35. The zero-order valence-electron chi connectivity index (χ0n) is 11.2. The molecule has 2 fully saturated rings. The van der Waals surface area contributed by atoms with E-state index >= 15 is 0 Å². The minimum Gasteiger partial charge on any atom is -0.197 e. The maximum absolute atomic E-state index is 9.73. The molecule has 2 saturated carbocycles. The summed E-state index contributed by atoms with van der Waals surface area (Å²) in [6, 6.07) is 13.1. The Bertz CT molecular complexity index is 466. The molecule has 2 aliphatic rings. The Morgan fingerprint density at radius 1 is 1.11 bits per heavy atom. The van der Waals surface area contributed by atoms with Gasteiger partial charge in [-0.1, -0.05) is 56.5 Å². The second-order valence-corrected chi connectivity index (χ2v) is 6.31. The summed E-state index contributed by atoms with van der Waals surface area (Å²) in [5, 5.41) is 9.73. The molecule has 0 bridgehead atoms. The van der Waals surface area contributed by atoms with Gasteiger partial charge in [0, 0.05) is 0 Å². The maximum Gasteiger partial charge on any atom is 0.0885 e. The lowest BCUT2D eigenvalue weighted by Gasteiger charge is -2.30. The van der Waals surface area contributed by atoms with Crippen LogP contribution in [-0.2, 0) is 5.41 Å². The van der Waals surface area contributed by atoms with Crippen molar-refractivity contribution >= 4 is 0 Å². The molecule has 0 N–H and O–H groups in total. The Balaban J connectivity index is 1.90. The predicted molar refractivity (Wildman–Crippen MR) is 73.0 cm³/mol. The Kier molecular flexibility index (Phi) is 2.70. The van der Waals surface area contributed by atoms with Gasteiger partial charge in [-0.05, 0) is 36.2 Å². The lowest BCUT2D eigenvalue weighted by molar-refractivity contribution is 0.227. The molecule has 2 unspecified atom stereocenters. The summed E-state index contributed by atoms with van der Waals surface area (Å²) in [4.78, 5) is 0. The van der Waals surface area contributed by atoms with E-state index in [0.717, 1.165) is 12.3 Å². The van der Waals surface area contributed by atoms with Crippen LogP contribution in [0.1, 0.15) is 51.0 Å². The Hall–Kier alpha value is -1.29. The van der Waals surface area contributed by atoms with Crippen LogP contribution in [0, 0.1) is 22.7 Å². The van der Waals surface area contributed by atoms with Gasteiger partial charge in [0.15, 0.2) is 0 Å². The van der Waals surface area contributed by atoms with E-state index < -0.39 is 0 Å². The lowest BCUT2D eigenvalue weighted by Crippen LogP contribution is -2.24. The molecule has 0 aliphatic heterocycles. The van der Waals surface area contributed by atoms with Crippen molar-refractivity contribution in [2.45, 2.75) is 50.9 Å². The van der Waals surface area contributed by atoms with Gasteiger partial charge in [-0.2, -0.15) is 5.26 Å². The van der Waals surface area contributed by atoms with Crippen LogP contribution in [0.15, 0.2) is 30.3 Å². The van der Waals surface area contributed by atoms with E-state index in [0.29, 0.717) is 0 Å². The Labute approximate surface area is 110 Å². The van der Waals surface area contributed by atoms with Gasteiger partial charge >= 0.3 is 0 Å². The van der Waals surface area contributed by atoms with Gasteiger partial charge in [-0.3, -0.25) is 0 Å². The van der Waals surface area contributed by atoms with Gasteiger partial charge in [-0.15, -0.1) is 0 Å². The molecule has 1 nitrogen and oxygen atoms in total. The number of hydrogen-bond donors (Lipinski definition) is 0. The van der Waals surface area contributed by atoms with Gasteiger partial charge in [0.05, 0.1) is 11.5 Å². The van der Waals surface area contributed by atoms with Gasteiger partial charge in [0.1, 0.15) is 0 Å². The molecule has 18 heavy (non-hydrogen) atoms. The van der Waals surface area contributed by atoms with Gasteiger partial charge < -0.3 is 0 Å². The lowest BCUT2D eigenvalue weighted by atomic mass is 9.73. The summed E-state index contributed by atoms with van der Waals surface area (Å²) < 4.78 is 0. The third kappa shape index (κ3) is 1.52. The summed E-state index contributed by atoms with van der Waals surface area (Å²) >= 11 is 0. The van der Waals surface area contributed by atoms with Crippen LogP contribution in [-0.4, -0.2) is 0 Å². The van der Waals surface area contributed by atoms with Crippen molar-refractivity contribution < 1.29 is 0 Å². The largest absolute Gasteiger partial charge is 0.197 e. The van der Waals surface area contributed by atoms with Crippen LogP contribution >= 0.6 is 0 Å². The summed E-state index contributed by atoms with van der Waals surface area (Å²) in [5.41, 5.74) is 1.26. The molecule has 0 amide bonds. The summed E-state index contributed by atoms with van der Waals surface area (Å²) in [5.74, 6) is 0.756. The second kappa shape index (κ2) is 4.12. The fraction of sp³-hybridized carbons (Fsp3) is 0.588. The third-order valence-electron chi connectivity index (χ3n) is 5.45. The minimum absolute atomic E-state index is 0.198. The number of rotatable bonds is 2. The molecule has 2 atom stereocenters. The van der Waals surface area contributed by atoms with Crippen LogP contribution in [0.4, 0.5) is 0 Å². The maximum atomic E-state index is 9.73. The van der Waals surface area contributed by atoms with Gasteiger partial charge in [-0.25, -0.2) is 0 Å². The van der Waals surface area contributed by atoms with Gasteiger partial charge in [0.2, 0.25) is 0 Å². The molecule has 94 valence electrons. The highest BCUT2D eigenvalue weighted by Gasteiger charge is 2.68. The molecular weight excluding hydrogens is 218 g/mol. The fourth-order valence-electron chi connectivity index (χ4n) is 4.13. The van der Waals surface area contributed by atoms with E-state index in [4.69, 9.17) is 0 Å². The molecule has 2 aliphatic carbocycles. The van der Waals surface area contributed by atoms with E-state index in [2.05, 4.69) is 37.3 Å². The highest BCUT2D eigenvalue weighted by molar-refractivity contribution is 5.45. The summed E-state index contributed by atoms with van der Waals surface area (Å²) in [6.07, 6.45) is 7.81. The van der Waals surface area contributed by atoms with Crippen molar-refractivity contribution in [1.29, 1.82) is 5.26 Å². The first-order chi connectivity index (χ1) is 8.73. The topological polar surface area (TPSA) is 23.8 Å². The zero-order chi connectivity index (χ0) is 12.6. The molecule has 1 aromatic rings. The quantitative estimate of drug-likeness (QED) is 0.748. The molecule has 0 radical (unpaired) electrons. The van der Waals surface area contributed by atoms with Crippen molar-refractivity contribution in [3.05, 3.63) is 35.9 Å². The second-order valence-electron chi connectivity index (χ2n) is 6.31. The molecule has 0 heterocycles. The molecule has 0 saturated heterocycles. The van der Waals surface area contributed by atoms with Crippen LogP contribution in [0.2, 0.25) is 0 Å². The zero-order valence-corrected chi connectivity index (χ0v) is 11.2. The number of nitriles is 1. The van der Waals surface area contributed by atoms with Crippen molar-refractivity contribution in [3.63, 3.8) is 0 Å². The van der Waals surface area contributed by atoms with E-state index in [1.807, 2.05) is 6.07 Å². The first-order valence-corrected chi connectivity index (χ1v) is 7.20. The first-order valence-electron chi connectivity index (χ1n) is 7.20. The standard InChI is InChI=1S/C17H21N/c1-16(14-8-4-2-5-9-14)12-17(16,13-18)15-10-6-3-7-11-15/h3,6-7,10-11,14H,2,4-5,8-9,12H2,1H3. The van der Waals surface area contributed by atoms with Gasteiger partial charge in [0.25, 0.3) is 0 Å². The molecule has 1 heteroatoms. The van der Waals surface area contributed by atoms with Crippen molar-refractivity contribution in [3.8, 4) is 6.07 Å². The molecule has 1 aromatic carbocycles. The fourth-order valence-corrected chi connectivity index (χ4v) is 4.13. The highest BCUT2D eigenvalue weighted by atomic mass is 14.7. The van der Waals surface area contributed by atoms with Crippen molar-refractivity contribution in [1.82, 2.24) is 0 Å². The van der Waals surface area contributed by atoms with Crippen LogP contribution in [0.5, 0.6) is 0 Å². The molecule has 0 spiro atoms. The predicted octanol–water partition coefficient (Wildman–Crippen LogP) is 4.44. The average molecular weight is 239 g/mol. The van der Waals surface area contributed by atoms with Crippen molar-refractivity contribution in [2.75, 3.05) is 0 Å². The summed E-state index contributed by atoms with van der Waals surface area (Å²) in [7, 11) is 0. The van der Waals surface area contributed by atoms with Crippen molar-refractivity contribution in [2.24, 2.45) is 11.3 Å². The molecular formula is C17H21N. The SMILES string of the molecule is CC1(C2CCCCC2)CC1(C#N)c1ccccc1. The normalized spacial score (nSPS) is 36.0. The molecule has 0 aromatic heterocycles. The van der Waals surface area contributed by atoms with E-state index in [1.165, 1.54) is 37.7 Å². The smallest absolute Gasteiger partial charge is 0.0885 e.